The molecule has 0 atom stereocenters. The van der Waals surface area contributed by atoms with Crippen LogP contribution in [0.4, 0.5) is 10.8 Å². The molecule has 4 nitrogen and oxygen atoms in total. The van der Waals surface area contributed by atoms with Crippen LogP contribution in [0.1, 0.15) is 18.4 Å². The van der Waals surface area contributed by atoms with Gasteiger partial charge < -0.3 is 10.2 Å². The van der Waals surface area contributed by atoms with Crippen LogP contribution in [0, 0.1) is 0 Å². The van der Waals surface area contributed by atoms with Crippen LogP contribution in [-0.2, 0) is 11.3 Å². The number of rotatable bonds is 5. The first kappa shape index (κ1) is 15.8. The van der Waals surface area contributed by atoms with Crippen LogP contribution in [0.3, 0.4) is 0 Å². The minimum atomic E-state index is 0.216. The molecule has 1 saturated heterocycles. The fourth-order valence-corrected chi connectivity index (χ4v) is 3.71. The summed E-state index contributed by atoms with van der Waals surface area (Å²) in [6, 6.07) is 18.4. The number of carbonyl (C=O) groups excluding carboxylic acids is 1. The van der Waals surface area contributed by atoms with E-state index in [1.165, 1.54) is 5.56 Å². The van der Waals surface area contributed by atoms with Crippen molar-refractivity contribution < 1.29 is 4.79 Å². The molecular formula is C20H19N3OS. The predicted molar refractivity (Wildman–Crippen MR) is 103 cm³/mol. The van der Waals surface area contributed by atoms with Crippen molar-refractivity contribution in [2.75, 3.05) is 16.8 Å². The number of anilines is 2. The van der Waals surface area contributed by atoms with E-state index in [0.717, 1.165) is 41.6 Å². The summed E-state index contributed by atoms with van der Waals surface area (Å²) in [6.07, 6.45) is 1.60. The van der Waals surface area contributed by atoms with E-state index >= 15 is 0 Å². The average molecular weight is 349 g/mol. The average Bonchev–Trinajstić information content (AvgIpc) is 3.30. The second-order valence-electron chi connectivity index (χ2n) is 6.07. The van der Waals surface area contributed by atoms with Gasteiger partial charge in [0.2, 0.25) is 5.91 Å². The molecule has 25 heavy (non-hydrogen) atoms. The Morgan fingerprint density at radius 1 is 1.08 bits per heavy atom. The third kappa shape index (κ3) is 3.56. The third-order valence-corrected chi connectivity index (χ3v) is 5.14. The van der Waals surface area contributed by atoms with Crippen LogP contribution in [0.15, 0.2) is 60.0 Å². The Bertz CT molecular complexity index is 858. The lowest BCUT2D eigenvalue weighted by Crippen LogP contribution is -2.23. The maximum Gasteiger partial charge on any atom is 0.227 e. The lowest BCUT2D eigenvalue weighted by Gasteiger charge is -2.15. The molecule has 1 fully saturated rings. The van der Waals surface area contributed by atoms with Crippen molar-refractivity contribution in [3.8, 4) is 11.3 Å². The fraction of sp³-hybridized carbons (Fsp3) is 0.200. The van der Waals surface area contributed by atoms with Gasteiger partial charge in [0, 0.05) is 36.1 Å². The van der Waals surface area contributed by atoms with Gasteiger partial charge in [-0.2, -0.15) is 0 Å². The van der Waals surface area contributed by atoms with E-state index in [-0.39, 0.29) is 5.91 Å². The molecule has 1 amide bonds. The zero-order valence-corrected chi connectivity index (χ0v) is 14.6. The second-order valence-corrected chi connectivity index (χ2v) is 6.93. The normalized spacial score (nSPS) is 14.1. The van der Waals surface area contributed by atoms with E-state index in [1.54, 1.807) is 11.3 Å². The molecule has 0 bridgehead atoms. The van der Waals surface area contributed by atoms with Crippen LogP contribution in [-0.4, -0.2) is 17.4 Å². The highest BCUT2D eigenvalue weighted by Gasteiger charge is 2.21. The Balaban J connectivity index is 1.44. The van der Waals surface area contributed by atoms with Crippen LogP contribution < -0.4 is 10.2 Å². The summed E-state index contributed by atoms with van der Waals surface area (Å²) in [5, 5.41) is 6.34. The Hall–Kier alpha value is -2.66. The first-order chi connectivity index (χ1) is 12.3. The van der Waals surface area contributed by atoms with E-state index in [2.05, 4.69) is 27.8 Å². The SMILES string of the molecule is O=C1CCCN1c1ccc(-c2csc(NCc3ccccc3)n2)cc1. The summed E-state index contributed by atoms with van der Waals surface area (Å²) < 4.78 is 0. The highest BCUT2D eigenvalue weighted by Crippen LogP contribution is 2.28. The second kappa shape index (κ2) is 7.07. The van der Waals surface area contributed by atoms with Crippen molar-refractivity contribution in [3.63, 3.8) is 0 Å². The van der Waals surface area contributed by atoms with Crippen molar-refractivity contribution in [2.45, 2.75) is 19.4 Å². The molecule has 0 unspecified atom stereocenters. The zero-order valence-electron chi connectivity index (χ0n) is 13.8. The number of benzene rings is 2. The van der Waals surface area contributed by atoms with Crippen molar-refractivity contribution >= 4 is 28.1 Å². The zero-order chi connectivity index (χ0) is 17.1. The van der Waals surface area contributed by atoms with Crippen molar-refractivity contribution in [2.24, 2.45) is 0 Å². The van der Waals surface area contributed by atoms with Gasteiger partial charge in [-0.15, -0.1) is 11.3 Å². The van der Waals surface area contributed by atoms with Crippen LogP contribution in [0.5, 0.6) is 0 Å². The topological polar surface area (TPSA) is 45.2 Å². The third-order valence-electron chi connectivity index (χ3n) is 4.34. The molecule has 5 heteroatoms. The molecule has 2 aromatic carbocycles. The Morgan fingerprint density at radius 3 is 2.60 bits per heavy atom. The summed E-state index contributed by atoms with van der Waals surface area (Å²) in [5.41, 5.74) is 4.24. The van der Waals surface area contributed by atoms with Crippen molar-refractivity contribution in [1.29, 1.82) is 0 Å². The lowest BCUT2D eigenvalue weighted by atomic mass is 10.1. The van der Waals surface area contributed by atoms with Gasteiger partial charge in [-0.3, -0.25) is 4.79 Å². The quantitative estimate of drug-likeness (QED) is 0.735. The van der Waals surface area contributed by atoms with Gasteiger partial charge in [-0.05, 0) is 24.1 Å². The van der Waals surface area contributed by atoms with E-state index in [1.807, 2.05) is 47.4 Å². The molecule has 3 aromatic rings. The highest BCUT2D eigenvalue weighted by atomic mass is 32.1. The standard InChI is InChI=1S/C20H19N3OS/c24-19-7-4-12-23(19)17-10-8-16(9-11-17)18-14-25-20(22-18)21-13-15-5-2-1-3-6-15/h1-3,5-6,8-11,14H,4,7,12-13H2,(H,21,22). The molecule has 0 saturated carbocycles. The Kier molecular flexibility index (Phi) is 4.48. The molecule has 1 aliphatic rings. The van der Waals surface area contributed by atoms with Gasteiger partial charge in [0.05, 0.1) is 5.69 Å². The van der Waals surface area contributed by atoms with Crippen LogP contribution in [0.25, 0.3) is 11.3 Å². The van der Waals surface area contributed by atoms with Gasteiger partial charge in [0.1, 0.15) is 0 Å². The summed E-state index contributed by atoms with van der Waals surface area (Å²) in [6.45, 7) is 1.59. The summed E-state index contributed by atoms with van der Waals surface area (Å²) in [5.74, 6) is 0.216. The van der Waals surface area contributed by atoms with Crippen LogP contribution in [0.2, 0.25) is 0 Å². The molecule has 126 valence electrons. The minimum Gasteiger partial charge on any atom is -0.357 e. The summed E-state index contributed by atoms with van der Waals surface area (Å²) in [7, 11) is 0. The first-order valence-corrected chi connectivity index (χ1v) is 9.32. The molecule has 1 N–H and O–H groups in total. The van der Waals surface area contributed by atoms with Gasteiger partial charge in [-0.25, -0.2) is 4.98 Å². The lowest BCUT2D eigenvalue weighted by molar-refractivity contribution is -0.117. The number of thiazole rings is 1. The van der Waals surface area contributed by atoms with Gasteiger partial charge in [0.25, 0.3) is 0 Å². The number of aromatic nitrogens is 1. The maximum absolute atomic E-state index is 11.8. The molecular weight excluding hydrogens is 330 g/mol. The number of amides is 1. The van der Waals surface area contributed by atoms with E-state index in [4.69, 9.17) is 0 Å². The molecule has 1 aliphatic heterocycles. The van der Waals surface area contributed by atoms with Gasteiger partial charge in [-0.1, -0.05) is 42.5 Å². The van der Waals surface area contributed by atoms with E-state index in [9.17, 15) is 4.79 Å². The van der Waals surface area contributed by atoms with Gasteiger partial charge >= 0.3 is 0 Å². The Labute approximate surface area is 151 Å². The number of hydrogen-bond donors (Lipinski definition) is 1. The number of nitrogens with zero attached hydrogens (tertiary/aromatic N) is 2. The van der Waals surface area contributed by atoms with Crippen molar-refractivity contribution in [1.82, 2.24) is 4.98 Å². The molecule has 0 aliphatic carbocycles. The largest absolute Gasteiger partial charge is 0.357 e. The summed E-state index contributed by atoms with van der Waals surface area (Å²) >= 11 is 1.61. The summed E-state index contributed by atoms with van der Waals surface area (Å²) in [4.78, 5) is 18.4. The van der Waals surface area contributed by atoms with E-state index < -0.39 is 0 Å². The van der Waals surface area contributed by atoms with E-state index in [0.29, 0.717) is 6.42 Å². The number of hydrogen-bond acceptors (Lipinski definition) is 4. The molecule has 2 heterocycles. The first-order valence-electron chi connectivity index (χ1n) is 8.44. The maximum atomic E-state index is 11.8. The number of carbonyl (C=O) groups is 1. The van der Waals surface area contributed by atoms with Gasteiger partial charge in [0.15, 0.2) is 5.13 Å². The predicted octanol–water partition coefficient (Wildman–Crippen LogP) is 4.55. The fourth-order valence-electron chi connectivity index (χ4n) is 2.99. The van der Waals surface area contributed by atoms with Crippen molar-refractivity contribution in [3.05, 3.63) is 65.5 Å². The molecule has 0 radical (unpaired) electrons. The molecule has 0 spiro atoms. The molecule has 4 rings (SSSR count). The molecule has 1 aromatic heterocycles. The highest BCUT2D eigenvalue weighted by molar-refractivity contribution is 7.14. The van der Waals surface area contributed by atoms with Crippen LogP contribution >= 0.6 is 11.3 Å². The number of nitrogens with one attached hydrogen (secondary N) is 1. The monoisotopic (exact) mass is 349 g/mol. The minimum absolute atomic E-state index is 0.216. The smallest absolute Gasteiger partial charge is 0.227 e. The Morgan fingerprint density at radius 2 is 1.88 bits per heavy atom.